The minimum atomic E-state index is -0.138. The smallest absolute Gasteiger partial charge is 0.326 e. The van der Waals surface area contributed by atoms with Crippen LogP contribution < -0.4 is 16.3 Å². The molecule has 1 aliphatic rings. The van der Waals surface area contributed by atoms with Crippen molar-refractivity contribution in [3.63, 3.8) is 0 Å². The number of hydrogen-bond acceptors (Lipinski definition) is 3. The molecule has 1 atom stereocenters. The standard InChI is InChI=1S/C15H20N4O2.ClH/c20-14(12-6-3-4-8-16-12)17-9-10-19-13-7-2-1-5-11(13)18-15(19)21;/h1-2,5,7,12,16H,3-4,6,8-10H2,(H,17,20)(H,18,21);1H. The maximum Gasteiger partial charge on any atom is 0.326 e. The third-order valence-electron chi connectivity index (χ3n) is 3.94. The molecule has 1 saturated heterocycles. The molecule has 0 aliphatic carbocycles. The van der Waals surface area contributed by atoms with E-state index in [2.05, 4.69) is 15.6 Å². The molecule has 2 heterocycles. The average Bonchev–Trinajstić information content (AvgIpc) is 2.84. The summed E-state index contributed by atoms with van der Waals surface area (Å²) in [5.41, 5.74) is 1.55. The number of rotatable bonds is 4. The van der Waals surface area contributed by atoms with Gasteiger partial charge in [0.1, 0.15) is 0 Å². The highest BCUT2D eigenvalue weighted by atomic mass is 35.5. The Hall–Kier alpha value is -1.79. The Morgan fingerprint density at radius 1 is 1.32 bits per heavy atom. The topological polar surface area (TPSA) is 78.9 Å². The minimum Gasteiger partial charge on any atom is -0.353 e. The van der Waals surface area contributed by atoms with Gasteiger partial charge >= 0.3 is 5.69 Å². The average molecular weight is 325 g/mol. The summed E-state index contributed by atoms with van der Waals surface area (Å²) in [5.74, 6) is 0.0302. The Balaban J connectivity index is 0.00000176. The van der Waals surface area contributed by atoms with Gasteiger partial charge in [-0.2, -0.15) is 0 Å². The van der Waals surface area contributed by atoms with Gasteiger partial charge in [0.25, 0.3) is 0 Å². The highest BCUT2D eigenvalue weighted by molar-refractivity contribution is 5.85. The number of amides is 1. The van der Waals surface area contributed by atoms with Crippen LogP contribution in [0.1, 0.15) is 19.3 Å². The second kappa shape index (κ2) is 7.47. The Bertz CT molecular complexity index is 688. The number of benzene rings is 1. The highest BCUT2D eigenvalue weighted by Gasteiger charge is 2.19. The minimum absolute atomic E-state index is 0. The van der Waals surface area contributed by atoms with Crippen LogP contribution in [0, 0.1) is 0 Å². The number of hydrogen-bond donors (Lipinski definition) is 3. The molecule has 22 heavy (non-hydrogen) atoms. The maximum absolute atomic E-state index is 12.0. The largest absolute Gasteiger partial charge is 0.353 e. The van der Waals surface area contributed by atoms with E-state index in [1.165, 1.54) is 0 Å². The van der Waals surface area contributed by atoms with E-state index in [0.29, 0.717) is 13.1 Å². The van der Waals surface area contributed by atoms with Crippen molar-refractivity contribution in [2.75, 3.05) is 13.1 Å². The van der Waals surface area contributed by atoms with Gasteiger partial charge in [-0.1, -0.05) is 18.6 Å². The number of para-hydroxylation sites is 2. The number of aromatic nitrogens is 2. The third kappa shape index (κ3) is 3.51. The number of fused-ring (bicyclic) bond motifs is 1. The lowest BCUT2D eigenvalue weighted by Gasteiger charge is -2.22. The first kappa shape index (κ1) is 16.6. The van der Waals surface area contributed by atoms with Crippen LogP contribution in [0.25, 0.3) is 11.0 Å². The summed E-state index contributed by atoms with van der Waals surface area (Å²) in [5, 5.41) is 6.12. The van der Waals surface area contributed by atoms with Crippen molar-refractivity contribution in [2.24, 2.45) is 0 Å². The molecule has 0 saturated carbocycles. The van der Waals surface area contributed by atoms with Crippen LogP contribution in [0.2, 0.25) is 0 Å². The Morgan fingerprint density at radius 2 is 2.14 bits per heavy atom. The van der Waals surface area contributed by atoms with Crippen molar-refractivity contribution in [1.29, 1.82) is 0 Å². The molecule has 1 amide bonds. The zero-order valence-corrected chi connectivity index (χ0v) is 13.1. The van der Waals surface area contributed by atoms with Gasteiger partial charge in [-0.25, -0.2) is 4.79 Å². The molecule has 6 nitrogen and oxygen atoms in total. The van der Waals surface area contributed by atoms with Crippen LogP contribution in [0.3, 0.4) is 0 Å². The van der Waals surface area contributed by atoms with Crippen molar-refractivity contribution < 1.29 is 4.79 Å². The van der Waals surface area contributed by atoms with E-state index < -0.39 is 0 Å². The summed E-state index contributed by atoms with van der Waals surface area (Å²) in [7, 11) is 0. The van der Waals surface area contributed by atoms with Crippen molar-refractivity contribution in [3.05, 3.63) is 34.7 Å². The molecular weight excluding hydrogens is 304 g/mol. The predicted octanol–water partition coefficient (Wildman–Crippen LogP) is 1.01. The number of aromatic amines is 1. The normalized spacial score (nSPS) is 17.9. The molecule has 3 rings (SSSR count). The molecule has 3 N–H and O–H groups in total. The molecule has 1 aliphatic heterocycles. The summed E-state index contributed by atoms with van der Waals surface area (Å²) in [4.78, 5) is 26.7. The zero-order valence-electron chi connectivity index (χ0n) is 12.3. The lowest BCUT2D eigenvalue weighted by molar-refractivity contribution is -0.123. The van der Waals surface area contributed by atoms with Crippen LogP contribution in [-0.4, -0.2) is 34.6 Å². The lowest BCUT2D eigenvalue weighted by Crippen LogP contribution is -2.47. The molecule has 120 valence electrons. The number of piperidine rings is 1. The fraction of sp³-hybridized carbons (Fsp3) is 0.467. The second-order valence-electron chi connectivity index (χ2n) is 5.39. The number of nitrogens with one attached hydrogen (secondary N) is 3. The zero-order chi connectivity index (χ0) is 14.7. The monoisotopic (exact) mass is 324 g/mol. The van der Waals surface area contributed by atoms with Gasteiger partial charge in [0.15, 0.2) is 0 Å². The Labute approximate surface area is 134 Å². The van der Waals surface area contributed by atoms with Crippen LogP contribution >= 0.6 is 12.4 Å². The first-order valence-electron chi connectivity index (χ1n) is 7.44. The summed E-state index contributed by atoms with van der Waals surface area (Å²) in [6.07, 6.45) is 3.11. The third-order valence-corrected chi connectivity index (χ3v) is 3.94. The van der Waals surface area contributed by atoms with Gasteiger partial charge in [-0.3, -0.25) is 9.36 Å². The molecule has 7 heteroatoms. The summed E-state index contributed by atoms with van der Waals surface area (Å²) < 4.78 is 1.66. The number of halogens is 1. The Kier molecular flexibility index (Phi) is 5.63. The van der Waals surface area contributed by atoms with Crippen LogP contribution in [0.15, 0.2) is 29.1 Å². The molecule has 1 aromatic heterocycles. The number of carbonyl (C=O) groups is 1. The molecule has 0 radical (unpaired) electrons. The number of carbonyl (C=O) groups excluding carboxylic acids is 1. The van der Waals surface area contributed by atoms with Crippen LogP contribution in [-0.2, 0) is 11.3 Å². The fourth-order valence-corrected chi connectivity index (χ4v) is 2.82. The maximum atomic E-state index is 12.0. The molecule has 2 aromatic rings. The molecule has 1 fully saturated rings. The molecule has 0 spiro atoms. The first-order valence-corrected chi connectivity index (χ1v) is 7.44. The van der Waals surface area contributed by atoms with Gasteiger partial charge < -0.3 is 15.6 Å². The Morgan fingerprint density at radius 3 is 2.91 bits per heavy atom. The first-order chi connectivity index (χ1) is 10.3. The number of imidazole rings is 1. The highest BCUT2D eigenvalue weighted by Crippen LogP contribution is 2.09. The van der Waals surface area contributed by atoms with E-state index >= 15 is 0 Å². The van der Waals surface area contributed by atoms with Crippen molar-refractivity contribution in [3.8, 4) is 0 Å². The van der Waals surface area contributed by atoms with E-state index in [4.69, 9.17) is 0 Å². The van der Waals surface area contributed by atoms with E-state index in [9.17, 15) is 9.59 Å². The van der Waals surface area contributed by atoms with Gasteiger partial charge in [0, 0.05) is 13.1 Å². The van der Waals surface area contributed by atoms with Gasteiger partial charge in [-0.15, -0.1) is 12.4 Å². The van der Waals surface area contributed by atoms with Crippen LogP contribution in [0.4, 0.5) is 0 Å². The van der Waals surface area contributed by atoms with Crippen molar-refractivity contribution >= 4 is 29.3 Å². The summed E-state index contributed by atoms with van der Waals surface area (Å²) >= 11 is 0. The molecular formula is C15H21ClN4O2. The fourth-order valence-electron chi connectivity index (χ4n) is 2.82. The van der Waals surface area contributed by atoms with Crippen LogP contribution in [0.5, 0.6) is 0 Å². The predicted molar refractivity (Wildman–Crippen MR) is 88.5 cm³/mol. The summed E-state index contributed by atoms with van der Waals surface area (Å²) in [6, 6.07) is 7.48. The second-order valence-corrected chi connectivity index (χ2v) is 5.39. The van der Waals surface area contributed by atoms with Gasteiger partial charge in [0.2, 0.25) is 5.91 Å². The molecule has 1 unspecified atom stereocenters. The van der Waals surface area contributed by atoms with E-state index in [-0.39, 0.29) is 30.0 Å². The molecule has 1 aromatic carbocycles. The SMILES string of the molecule is Cl.O=C(NCCn1c(=O)[nH]c2ccccc21)C1CCCCN1. The van der Waals surface area contributed by atoms with Gasteiger partial charge in [0.05, 0.1) is 17.1 Å². The number of nitrogens with zero attached hydrogens (tertiary/aromatic N) is 1. The summed E-state index contributed by atoms with van der Waals surface area (Å²) in [6.45, 7) is 1.83. The van der Waals surface area contributed by atoms with E-state index in [1.807, 2.05) is 24.3 Å². The van der Waals surface area contributed by atoms with Gasteiger partial charge in [-0.05, 0) is 31.5 Å². The number of H-pyrrole nitrogens is 1. The van der Waals surface area contributed by atoms with E-state index in [0.717, 1.165) is 36.8 Å². The van der Waals surface area contributed by atoms with E-state index in [1.54, 1.807) is 4.57 Å². The van der Waals surface area contributed by atoms with Crippen molar-refractivity contribution in [1.82, 2.24) is 20.2 Å². The molecule has 0 bridgehead atoms. The van der Waals surface area contributed by atoms with Crippen molar-refractivity contribution in [2.45, 2.75) is 31.8 Å². The quantitative estimate of drug-likeness (QED) is 0.785. The lowest BCUT2D eigenvalue weighted by atomic mass is 10.0.